The summed E-state index contributed by atoms with van der Waals surface area (Å²) in [6.07, 6.45) is 0.774. The van der Waals surface area contributed by atoms with Gasteiger partial charge in [-0.15, -0.1) is 0 Å². The molecule has 0 heterocycles. The second kappa shape index (κ2) is 8.36. The van der Waals surface area contributed by atoms with Gasteiger partial charge in [0.15, 0.2) is 0 Å². The van der Waals surface area contributed by atoms with E-state index in [1.165, 1.54) is 12.1 Å². The molecule has 0 saturated carbocycles. The van der Waals surface area contributed by atoms with Gasteiger partial charge in [-0.05, 0) is 30.5 Å². The molecule has 0 saturated heterocycles. The highest BCUT2D eigenvalue weighted by Gasteiger charge is 2.25. The van der Waals surface area contributed by atoms with Gasteiger partial charge in [-0.1, -0.05) is 52.3 Å². The number of carboxylic acid groups (broad SMARTS) is 1. The zero-order chi connectivity index (χ0) is 16.8. The Labute approximate surface area is 145 Å². The molecule has 2 aromatic rings. The summed E-state index contributed by atoms with van der Waals surface area (Å²) in [5.74, 6) is -1.71. The number of carboxylic acids is 1. The Morgan fingerprint density at radius 1 is 1.22 bits per heavy atom. The largest absolute Gasteiger partial charge is 0.480 e. The van der Waals surface area contributed by atoms with Gasteiger partial charge in [0.2, 0.25) is 0 Å². The van der Waals surface area contributed by atoms with Crippen molar-refractivity contribution in [3.8, 4) is 0 Å². The van der Waals surface area contributed by atoms with Gasteiger partial charge in [0, 0.05) is 20.8 Å². The number of aryl methyl sites for hydroxylation is 1. The van der Waals surface area contributed by atoms with Gasteiger partial charge in [-0.3, -0.25) is 9.00 Å². The maximum absolute atomic E-state index is 13.8. The van der Waals surface area contributed by atoms with Crippen molar-refractivity contribution in [2.75, 3.05) is 0 Å². The summed E-state index contributed by atoms with van der Waals surface area (Å²) in [6.45, 7) is 0. The molecule has 23 heavy (non-hydrogen) atoms. The van der Waals surface area contributed by atoms with Gasteiger partial charge >= 0.3 is 5.97 Å². The standard InChI is InChI=1S/C17H16BrFO3S/c18-14-8-7-13(15(19)10-14)11-23(22)16(17(20)21)9-6-12-4-2-1-3-5-12/h1-5,7-8,10,16H,6,9,11H2,(H,20,21). The molecule has 0 aliphatic heterocycles. The summed E-state index contributed by atoms with van der Waals surface area (Å²) in [6, 6.07) is 13.9. The molecule has 2 atom stereocenters. The molecule has 0 aromatic heterocycles. The Hall–Kier alpha value is -1.53. The van der Waals surface area contributed by atoms with E-state index in [1.54, 1.807) is 6.07 Å². The molecule has 122 valence electrons. The normalized spacial score (nSPS) is 13.5. The average Bonchev–Trinajstić information content (AvgIpc) is 2.51. The molecule has 3 nitrogen and oxygen atoms in total. The number of hydrogen-bond donors (Lipinski definition) is 1. The van der Waals surface area contributed by atoms with Crippen LogP contribution >= 0.6 is 15.9 Å². The van der Waals surface area contributed by atoms with E-state index >= 15 is 0 Å². The second-order valence-electron chi connectivity index (χ2n) is 5.11. The van der Waals surface area contributed by atoms with Crippen LogP contribution in [0.5, 0.6) is 0 Å². The summed E-state index contributed by atoms with van der Waals surface area (Å²) in [5.41, 5.74) is 1.25. The molecular formula is C17H16BrFO3S. The molecule has 0 bridgehead atoms. The zero-order valence-electron chi connectivity index (χ0n) is 12.2. The lowest BCUT2D eigenvalue weighted by Gasteiger charge is -2.13. The minimum atomic E-state index is -1.68. The van der Waals surface area contributed by atoms with E-state index in [4.69, 9.17) is 0 Å². The van der Waals surface area contributed by atoms with E-state index in [0.29, 0.717) is 10.9 Å². The Balaban J connectivity index is 2.05. The van der Waals surface area contributed by atoms with Crippen molar-refractivity contribution in [1.82, 2.24) is 0 Å². The van der Waals surface area contributed by atoms with Crippen LogP contribution in [0.3, 0.4) is 0 Å². The van der Waals surface area contributed by atoms with Crippen LogP contribution in [0.1, 0.15) is 17.5 Å². The minimum Gasteiger partial charge on any atom is -0.480 e. The number of carbonyl (C=O) groups is 1. The first-order valence-corrected chi connectivity index (χ1v) is 9.22. The molecule has 0 fully saturated rings. The molecule has 6 heteroatoms. The Morgan fingerprint density at radius 2 is 1.91 bits per heavy atom. The molecular weight excluding hydrogens is 383 g/mol. The van der Waals surface area contributed by atoms with E-state index < -0.39 is 27.8 Å². The van der Waals surface area contributed by atoms with Crippen LogP contribution in [-0.2, 0) is 27.8 Å². The van der Waals surface area contributed by atoms with Crippen molar-refractivity contribution in [3.05, 3.63) is 69.9 Å². The van der Waals surface area contributed by atoms with Crippen LogP contribution in [0.15, 0.2) is 53.0 Å². The van der Waals surface area contributed by atoms with Crippen molar-refractivity contribution < 1.29 is 18.5 Å². The van der Waals surface area contributed by atoms with E-state index in [2.05, 4.69) is 15.9 Å². The van der Waals surface area contributed by atoms with Crippen LogP contribution in [0.4, 0.5) is 4.39 Å². The Morgan fingerprint density at radius 3 is 2.52 bits per heavy atom. The summed E-state index contributed by atoms with van der Waals surface area (Å²) in [5, 5.41) is 8.30. The number of aliphatic carboxylic acids is 1. The predicted octanol–water partition coefficient (Wildman–Crippen LogP) is 3.92. The fourth-order valence-electron chi connectivity index (χ4n) is 2.20. The minimum absolute atomic E-state index is 0.106. The number of rotatable bonds is 7. The smallest absolute Gasteiger partial charge is 0.319 e. The quantitative estimate of drug-likeness (QED) is 0.768. The number of hydrogen-bond acceptors (Lipinski definition) is 2. The number of benzene rings is 2. The third kappa shape index (κ3) is 5.25. The van der Waals surface area contributed by atoms with Crippen molar-refractivity contribution in [1.29, 1.82) is 0 Å². The summed E-state index contributed by atoms with van der Waals surface area (Å²) in [7, 11) is -1.68. The van der Waals surface area contributed by atoms with Gasteiger partial charge < -0.3 is 5.11 Å². The fourth-order valence-corrected chi connectivity index (χ4v) is 3.88. The maximum Gasteiger partial charge on any atom is 0.319 e. The summed E-state index contributed by atoms with van der Waals surface area (Å²) < 4.78 is 26.8. The number of halogens is 2. The van der Waals surface area contributed by atoms with Crippen LogP contribution in [0.25, 0.3) is 0 Å². The molecule has 0 aliphatic carbocycles. The highest BCUT2D eigenvalue weighted by Crippen LogP contribution is 2.19. The predicted molar refractivity (Wildman–Crippen MR) is 92.1 cm³/mol. The topological polar surface area (TPSA) is 54.4 Å². The highest BCUT2D eigenvalue weighted by atomic mass is 79.9. The van der Waals surface area contributed by atoms with Crippen LogP contribution in [-0.4, -0.2) is 20.5 Å². The summed E-state index contributed by atoms with van der Waals surface area (Å²) >= 11 is 3.16. The summed E-state index contributed by atoms with van der Waals surface area (Å²) in [4.78, 5) is 11.4. The molecule has 2 unspecified atom stereocenters. The van der Waals surface area contributed by atoms with Gasteiger partial charge in [-0.2, -0.15) is 0 Å². The van der Waals surface area contributed by atoms with Crippen molar-refractivity contribution in [2.24, 2.45) is 0 Å². The third-order valence-electron chi connectivity index (χ3n) is 3.44. The molecule has 2 aromatic carbocycles. The second-order valence-corrected chi connectivity index (χ2v) is 7.65. The lowest BCUT2D eigenvalue weighted by Crippen LogP contribution is -2.27. The molecule has 0 spiro atoms. The van der Waals surface area contributed by atoms with Gasteiger partial charge in [0.25, 0.3) is 0 Å². The SMILES string of the molecule is O=C(O)C(CCc1ccccc1)S(=O)Cc1ccc(Br)cc1F. The average molecular weight is 399 g/mol. The molecule has 0 amide bonds. The first kappa shape index (κ1) is 17.8. The van der Waals surface area contributed by atoms with E-state index in [-0.39, 0.29) is 17.7 Å². The zero-order valence-corrected chi connectivity index (χ0v) is 14.6. The third-order valence-corrected chi connectivity index (χ3v) is 5.60. The van der Waals surface area contributed by atoms with Crippen molar-refractivity contribution >= 4 is 32.7 Å². The first-order valence-electron chi connectivity index (χ1n) is 7.05. The maximum atomic E-state index is 13.8. The Kier molecular flexibility index (Phi) is 6.47. The molecule has 0 radical (unpaired) electrons. The Bertz CT molecular complexity index is 706. The van der Waals surface area contributed by atoms with Gasteiger partial charge in [0.1, 0.15) is 11.1 Å². The fraction of sp³-hybridized carbons (Fsp3) is 0.235. The lowest BCUT2D eigenvalue weighted by atomic mass is 10.1. The molecule has 1 N–H and O–H groups in total. The molecule has 0 aliphatic rings. The van der Waals surface area contributed by atoms with Crippen molar-refractivity contribution in [3.63, 3.8) is 0 Å². The van der Waals surface area contributed by atoms with Crippen LogP contribution in [0.2, 0.25) is 0 Å². The van der Waals surface area contributed by atoms with E-state index in [9.17, 15) is 18.5 Å². The van der Waals surface area contributed by atoms with Gasteiger partial charge in [0.05, 0.1) is 5.75 Å². The molecule has 2 rings (SSSR count). The lowest BCUT2D eigenvalue weighted by molar-refractivity contribution is -0.136. The van der Waals surface area contributed by atoms with Gasteiger partial charge in [-0.25, -0.2) is 4.39 Å². The monoisotopic (exact) mass is 398 g/mol. The highest BCUT2D eigenvalue weighted by molar-refractivity contribution is 9.10. The van der Waals surface area contributed by atoms with E-state index in [0.717, 1.165) is 5.56 Å². The van der Waals surface area contributed by atoms with E-state index in [1.807, 2.05) is 30.3 Å². The van der Waals surface area contributed by atoms with Crippen LogP contribution in [0, 0.1) is 5.82 Å². The van der Waals surface area contributed by atoms with Crippen LogP contribution < -0.4 is 0 Å². The first-order chi connectivity index (χ1) is 11.0. The van der Waals surface area contributed by atoms with Crippen molar-refractivity contribution in [2.45, 2.75) is 23.8 Å².